The number of carbonyl (C=O) groups is 1. The van der Waals surface area contributed by atoms with Gasteiger partial charge in [0.05, 0.1) is 18.7 Å². The average Bonchev–Trinajstić information content (AvgIpc) is 2.67. The van der Waals surface area contributed by atoms with Gasteiger partial charge in [-0.25, -0.2) is 0 Å². The predicted octanol–water partition coefficient (Wildman–Crippen LogP) is 3.70. The maximum atomic E-state index is 12.0. The number of thiophene rings is 1. The van der Waals surface area contributed by atoms with Crippen molar-refractivity contribution in [3.8, 4) is 0 Å². The second kappa shape index (κ2) is 6.03. The van der Waals surface area contributed by atoms with E-state index in [1.165, 1.54) is 17.8 Å². The largest absolute Gasteiger partial charge is 0.388 e. The number of halogens is 2. The Morgan fingerprint density at radius 1 is 1.39 bits per heavy atom. The van der Waals surface area contributed by atoms with Crippen LogP contribution in [-0.4, -0.2) is 23.2 Å². The smallest absolute Gasteiger partial charge is 0.253 e. The Hall–Kier alpha value is 0.0900. The van der Waals surface area contributed by atoms with Crippen molar-refractivity contribution >= 4 is 49.1 Å². The van der Waals surface area contributed by atoms with Crippen LogP contribution in [0.3, 0.4) is 0 Å². The summed E-state index contributed by atoms with van der Waals surface area (Å²) in [5, 5.41) is 13.1. The van der Waals surface area contributed by atoms with Crippen molar-refractivity contribution in [3.05, 3.63) is 19.2 Å². The molecule has 0 radical (unpaired) electrons. The molecule has 1 heterocycles. The fraction of sp³-hybridized carbons (Fsp3) is 0.583. The molecule has 1 fully saturated rings. The first-order valence-corrected chi connectivity index (χ1v) is 8.36. The van der Waals surface area contributed by atoms with E-state index in [9.17, 15) is 9.90 Å². The van der Waals surface area contributed by atoms with Gasteiger partial charge < -0.3 is 10.4 Å². The highest BCUT2D eigenvalue weighted by atomic mass is 79.9. The molecular weight excluding hydrogens is 382 g/mol. The monoisotopic (exact) mass is 395 g/mol. The van der Waals surface area contributed by atoms with Crippen LogP contribution >= 0.6 is 43.2 Å². The van der Waals surface area contributed by atoms with Gasteiger partial charge in [-0.1, -0.05) is 19.3 Å². The summed E-state index contributed by atoms with van der Waals surface area (Å²) in [6.45, 7) is 0.339. The van der Waals surface area contributed by atoms with Crippen LogP contribution in [0.5, 0.6) is 0 Å². The Morgan fingerprint density at radius 3 is 2.61 bits per heavy atom. The molecule has 1 aromatic rings. The topological polar surface area (TPSA) is 49.3 Å². The first-order chi connectivity index (χ1) is 8.50. The summed E-state index contributed by atoms with van der Waals surface area (Å²) >= 11 is 8.18. The second-order valence-electron chi connectivity index (χ2n) is 4.71. The van der Waals surface area contributed by atoms with Gasteiger partial charge in [-0.3, -0.25) is 4.79 Å². The van der Waals surface area contributed by atoms with Crippen LogP contribution in [-0.2, 0) is 0 Å². The van der Waals surface area contributed by atoms with Gasteiger partial charge in [-0.2, -0.15) is 0 Å². The lowest BCUT2D eigenvalue weighted by atomic mass is 9.85. The number of rotatable bonds is 3. The van der Waals surface area contributed by atoms with E-state index in [1.54, 1.807) is 6.07 Å². The molecule has 0 unspecified atom stereocenters. The zero-order valence-electron chi connectivity index (χ0n) is 9.84. The maximum absolute atomic E-state index is 12.0. The highest BCUT2D eigenvalue weighted by Crippen LogP contribution is 2.32. The predicted molar refractivity (Wildman–Crippen MR) is 80.1 cm³/mol. The first kappa shape index (κ1) is 14.5. The van der Waals surface area contributed by atoms with E-state index in [0.717, 1.165) is 33.3 Å². The van der Waals surface area contributed by atoms with Crippen LogP contribution in [0.15, 0.2) is 13.6 Å². The molecule has 0 atom stereocenters. The summed E-state index contributed by atoms with van der Waals surface area (Å²) in [5.74, 6) is -0.136. The van der Waals surface area contributed by atoms with Crippen molar-refractivity contribution in [1.29, 1.82) is 0 Å². The van der Waals surface area contributed by atoms with Gasteiger partial charge in [0.15, 0.2) is 0 Å². The van der Waals surface area contributed by atoms with E-state index in [-0.39, 0.29) is 5.91 Å². The molecule has 0 aromatic carbocycles. The molecule has 1 amide bonds. The molecule has 100 valence electrons. The number of hydrogen-bond donors (Lipinski definition) is 2. The van der Waals surface area contributed by atoms with Gasteiger partial charge in [-0.15, -0.1) is 11.3 Å². The molecule has 0 spiro atoms. The molecule has 0 aliphatic heterocycles. The van der Waals surface area contributed by atoms with E-state index in [2.05, 4.69) is 37.2 Å². The number of hydrogen-bond acceptors (Lipinski definition) is 3. The van der Waals surface area contributed by atoms with Crippen LogP contribution in [0.2, 0.25) is 0 Å². The van der Waals surface area contributed by atoms with Gasteiger partial charge >= 0.3 is 0 Å². The van der Waals surface area contributed by atoms with Crippen molar-refractivity contribution in [3.63, 3.8) is 0 Å². The summed E-state index contributed by atoms with van der Waals surface area (Å²) in [6, 6.07) is 1.79. The van der Waals surface area contributed by atoms with E-state index in [1.807, 2.05) is 0 Å². The molecule has 2 rings (SSSR count). The molecule has 2 N–H and O–H groups in total. The highest BCUT2D eigenvalue weighted by molar-refractivity contribution is 9.12. The lowest BCUT2D eigenvalue weighted by Gasteiger charge is -2.32. The summed E-state index contributed by atoms with van der Waals surface area (Å²) in [4.78, 5) is 12.0. The second-order valence-corrected chi connectivity index (χ2v) is 8.45. The van der Waals surface area contributed by atoms with E-state index in [4.69, 9.17) is 0 Å². The third-order valence-corrected chi connectivity index (χ3v) is 5.60. The van der Waals surface area contributed by atoms with Crippen molar-refractivity contribution in [1.82, 2.24) is 5.32 Å². The fourth-order valence-corrected chi connectivity index (χ4v) is 5.02. The van der Waals surface area contributed by atoms with Gasteiger partial charge in [0.25, 0.3) is 5.91 Å². The van der Waals surface area contributed by atoms with Crippen LogP contribution in [0.4, 0.5) is 0 Å². The number of carbonyl (C=O) groups excluding carboxylic acids is 1. The van der Waals surface area contributed by atoms with Gasteiger partial charge in [0.1, 0.15) is 0 Å². The van der Waals surface area contributed by atoms with Crippen molar-refractivity contribution in [2.75, 3.05) is 6.54 Å². The Labute approximate surface area is 127 Å². The minimum atomic E-state index is -0.715. The molecule has 1 aromatic heterocycles. The SMILES string of the molecule is O=C(NCC1(O)CCCCC1)c1cc(Br)sc1Br. The molecule has 6 heteroatoms. The summed E-state index contributed by atoms with van der Waals surface area (Å²) < 4.78 is 1.72. The maximum Gasteiger partial charge on any atom is 0.253 e. The summed E-state index contributed by atoms with van der Waals surface area (Å²) in [5.41, 5.74) is -0.0977. The molecule has 1 saturated carbocycles. The lowest BCUT2D eigenvalue weighted by Crippen LogP contribution is -2.44. The van der Waals surface area contributed by atoms with Crippen LogP contribution in [0, 0.1) is 0 Å². The van der Waals surface area contributed by atoms with Crippen molar-refractivity contribution in [2.24, 2.45) is 0 Å². The zero-order valence-corrected chi connectivity index (χ0v) is 13.8. The molecule has 0 bridgehead atoms. The summed E-state index contributed by atoms with van der Waals surface area (Å²) in [6.07, 6.45) is 4.82. The Bertz CT molecular complexity index is 441. The van der Waals surface area contributed by atoms with Crippen LogP contribution in [0.25, 0.3) is 0 Å². The fourth-order valence-electron chi connectivity index (χ4n) is 2.22. The van der Waals surface area contributed by atoms with E-state index >= 15 is 0 Å². The third kappa shape index (κ3) is 3.56. The molecular formula is C12H15Br2NO2S. The van der Waals surface area contributed by atoms with Crippen LogP contribution in [0.1, 0.15) is 42.5 Å². The number of nitrogens with one attached hydrogen (secondary N) is 1. The molecule has 1 aliphatic rings. The zero-order chi connectivity index (χ0) is 13.2. The van der Waals surface area contributed by atoms with E-state index in [0.29, 0.717) is 12.1 Å². The minimum absolute atomic E-state index is 0.136. The summed E-state index contributed by atoms with van der Waals surface area (Å²) in [7, 11) is 0. The molecule has 1 aliphatic carbocycles. The van der Waals surface area contributed by atoms with Crippen LogP contribution < -0.4 is 5.32 Å². The molecule has 18 heavy (non-hydrogen) atoms. The van der Waals surface area contributed by atoms with E-state index < -0.39 is 5.60 Å². The number of aliphatic hydroxyl groups is 1. The van der Waals surface area contributed by atoms with Crippen molar-refractivity contribution in [2.45, 2.75) is 37.7 Å². The quantitative estimate of drug-likeness (QED) is 0.818. The normalized spacial score (nSPS) is 18.6. The highest BCUT2D eigenvalue weighted by Gasteiger charge is 2.29. The lowest BCUT2D eigenvalue weighted by molar-refractivity contribution is 0.00525. The Morgan fingerprint density at radius 2 is 2.06 bits per heavy atom. The van der Waals surface area contributed by atoms with Crippen molar-refractivity contribution < 1.29 is 9.90 Å². The van der Waals surface area contributed by atoms with Gasteiger partial charge in [0.2, 0.25) is 0 Å². The Kier molecular flexibility index (Phi) is 4.86. The number of amides is 1. The minimum Gasteiger partial charge on any atom is -0.388 e. The van der Waals surface area contributed by atoms with Gasteiger partial charge in [0, 0.05) is 6.54 Å². The molecule has 0 saturated heterocycles. The molecule has 3 nitrogen and oxygen atoms in total. The Balaban J connectivity index is 1.94. The first-order valence-electron chi connectivity index (χ1n) is 5.96. The average molecular weight is 397 g/mol. The standard InChI is InChI=1S/C12H15Br2NO2S/c13-9-6-8(10(14)18-9)11(16)15-7-12(17)4-2-1-3-5-12/h6,17H,1-5,7H2,(H,15,16). The third-order valence-electron chi connectivity index (χ3n) is 3.26. The van der Waals surface area contributed by atoms with Gasteiger partial charge in [-0.05, 0) is 50.8 Å².